The van der Waals surface area contributed by atoms with Gasteiger partial charge in [0, 0.05) is 11.6 Å². The SMILES string of the molecule is CC(C)C(=O)NS(=O)(=O)c1cccc(NC(N)=O)c1. The van der Waals surface area contributed by atoms with Crippen LogP contribution in [0.1, 0.15) is 13.8 Å². The Morgan fingerprint density at radius 2 is 1.89 bits per heavy atom. The molecule has 0 aliphatic carbocycles. The number of benzene rings is 1. The summed E-state index contributed by atoms with van der Waals surface area (Å²) in [5, 5.41) is 2.26. The van der Waals surface area contributed by atoms with Gasteiger partial charge in [0.2, 0.25) is 5.91 Å². The Bertz CT molecular complexity index is 596. The van der Waals surface area contributed by atoms with Crippen LogP contribution in [0.2, 0.25) is 0 Å². The van der Waals surface area contributed by atoms with Gasteiger partial charge in [-0.15, -0.1) is 0 Å². The van der Waals surface area contributed by atoms with Gasteiger partial charge in [-0.3, -0.25) is 4.79 Å². The molecule has 1 aromatic rings. The van der Waals surface area contributed by atoms with Gasteiger partial charge in [0.15, 0.2) is 0 Å². The molecular weight excluding hydrogens is 270 g/mol. The molecule has 7 nitrogen and oxygen atoms in total. The van der Waals surface area contributed by atoms with E-state index in [-0.39, 0.29) is 10.6 Å². The van der Waals surface area contributed by atoms with Crippen molar-refractivity contribution in [2.75, 3.05) is 5.32 Å². The van der Waals surface area contributed by atoms with Crippen molar-refractivity contribution in [1.29, 1.82) is 0 Å². The quantitative estimate of drug-likeness (QED) is 0.752. The molecule has 1 rings (SSSR count). The van der Waals surface area contributed by atoms with Crippen LogP contribution >= 0.6 is 0 Å². The Morgan fingerprint density at radius 1 is 1.26 bits per heavy atom. The van der Waals surface area contributed by atoms with Crippen molar-refractivity contribution < 1.29 is 18.0 Å². The average Bonchev–Trinajstić information content (AvgIpc) is 2.27. The third-order valence-electron chi connectivity index (χ3n) is 2.17. The summed E-state index contributed by atoms with van der Waals surface area (Å²) in [6.07, 6.45) is 0. The summed E-state index contributed by atoms with van der Waals surface area (Å²) in [7, 11) is -3.95. The number of carbonyl (C=O) groups excluding carboxylic acids is 2. The van der Waals surface area contributed by atoms with E-state index in [4.69, 9.17) is 5.73 Å². The van der Waals surface area contributed by atoms with E-state index < -0.39 is 27.9 Å². The summed E-state index contributed by atoms with van der Waals surface area (Å²) in [5.74, 6) is -1.06. The third-order valence-corrected chi connectivity index (χ3v) is 3.52. The van der Waals surface area contributed by atoms with E-state index in [1.807, 2.05) is 4.72 Å². The zero-order chi connectivity index (χ0) is 14.6. The van der Waals surface area contributed by atoms with Gasteiger partial charge in [-0.25, -0.2) is 17.9 Å². The largest absolute Gasteiger partial charge is 0.351 e. The zero-order valence-corrected chi connectivity index (χ0v) is 11.3. The van der Waals surface area contributed by atoms with Crippen molar-refractivity contribution >= 4 is 27.6 Å². The minimum absolute atomic E-state index is 0.132. The summed E-state index contributed by atoms with van der Waals surface area (Å²) in [6.45, 7) is 3.16. The normalized spacial score (nSPS) is 11.1. The van der Waals surface area contributed by atoms with E-state index >= 15 is 0 Å². The average molecular weight is 285 g/mol. The van der Waals surface area contributed by atoms with Crippen molar-refractivity contribution in [3.8, 4) is 0 Å². The number of nitrogens with one attached hydrogen (secondary N) is 2. The number of hydrogen-bond acceptors (Lipinski definition) is 4. The molecule has 0 radical (unpaired) electrons. The van der Waals surface area contributed by atoms with Crippen LogP contribution in [0.3, 0.4) is 0 Å². The highest BCUT2D eigenvalue weighted by Gasteiger charge is 2.19. The smallest absolute Gasteiger partial charge is 0.316 e. The highest BCUT2D eigenvalue weighted by atomic mass is 32.2. The maximum absolute atomic E-state index is 11.9. The number of amides is 3. The molecule has 3 amide bonds. The van der Waals surface area contributed by atoms with Gasteiger partial charge >= 0.3 is 6.03 Å². The minimum Gasteiger partial charge on any atom is -0.351 e. The van der Waals surface area contributed by atoms with Crippen LogP contribution in [0, 0.1) is 5.92 Å². The van der Waals surface area contributed by atoms with Crippen molar-refractivity contribution in [3.63, 3.8) is 0 Å². The van der Waals surface area contributed by atoms with Crippen LogP contribution in [0.15, 0.2) is 29.2 Å². The zero-order valence-electron chi connectivity index (χ0n) is 10.5. The lowest BCUT2D eigenvalue weighted by molar-refractivity contribution is -0.122. The van der Waals surface area contributed by atoms with Crippen molar-refractivity contribution in [1.82, 2.24) is 4.72 Å². The van der Waals surface area contributed by atoms with Crippen molar-refractivity contribution in [3.05, 3.63) is 24.3 Å². The third kappa shape index (κ3) is 4.25. The minimum atomic E-state index is -3.95. The summed E-state index contributed by atoms with van der Waals surface area (Å²) >= 11 is 0. The van der Waals surface area contributed by atoms with Crippen molar-refractivity contribution in [2.45, 2.75) is 18.7 Å². The number of primary amides is 1. The van der Waals surface area contributed by atoms with Crippen LogP contribution in [-0.4, -0.2) is 20.4 Å². The van der Waals surface area contributed by atoms with Gasteiger partial charge in [-0.05, 0) is 18.2 Å². The first-order valence-electron chi connectivity index (χ1n) is 5.45. The summed E-state index contributed by atoms with van der Waals surface area (Å²) in [5.41, 5.74) is 5.16. The molecule has 0 aromatic heterocycles. The Hall–Kier alpha value is -2.09. The van der Waals surface area contributed by atoms with Gasteiger partial charge in [-0.2, -0.15) is 0 Å². The highest BCUT2D eigenvalue weighted by molar-refractivity contribution is 7.90. The fourth-order valence-corrected chi connectivity index (χ4v) is 2.35. The van der Waals surface area contributed by atoms with E-state index in [1.165, 1.54) is 24.3 Å². The van der Waals surface area contributed by atoms with Gasteiger partial charge in [-0.1, -0.05) is 19.9 Å². The molecule has 104 valence electrons. The van der Waals surface area contributed by atoms with Crippen LogP contribution < -0.4 is 15.8 Å². The molecule has 0 bridgehead atoms. The number of anilines is 1. The van der Waals surface area contributed by atoms with E-state index in [9.17, 15) is 18.0 Å². The standard InChI is InChI=1S/C11H15N3O4S/c1-7(2)10(15)14-19(17,18)9-5-3-4-8(6-9)13-11(12)16/h3-7H,1-2H3,(H,14,15)(H3,12,13,16). The number of rotatable bonds is 4. The van der Waals surface area contributed by atoms with E-state index in [0.717, 1.165) is 0 Å². The number of sulfonamides is 1. The van der Waals surface area contributed by atoms with Gasteiger partial charge in [0.25, 0.3) is 10.0 Å². The Kier molecular flexibility index (Phi) is 4.49. The first-order valence-corrected chi connectivity index (χ1v) is 6.94. The first-order chi connectivity index (χ1) is 8.72. The van der Waals surface area contributed by atoms with E-state index in [1.54, 1.807) is 13.8 Å². The molecule has 0 unspecified atom stereocenters. The number of carbonyl (C=O) groups is 2. The summed E-state index contributed by atoms with van der Waals surface area (Å²) in [4.78, 5) is 22.0. The molecule has 8 heteroatoms. The fourth-order valence-electron chi connectivity index (χ4n) is 1.19. The fraction of sp³-hybridized carbons (Fsp3) is 0.273. The molecule has 0 atom stereocenters. The molecule has 4 N–H and O–H groups in total. The van der Waals surface area contributed by atoms with E-state index in [2.05, 4.69) is 5.32 Å². The van der Waals surface area contributed by atoms with Gasteiger partial charge < -0.3 is 11.1 Å². The number of hydrogen-bond donors (Lipinski definition) is 3. The lowest BCUT2D eigenvalue weighted by atomic mass is 10.2. The molecule has 0 aliphatic heterocycles. The Morgan fingerprint density at radius 3 is 2.42 bits per heavy atom. The van der Waals surface area contributed by atoms with Crippen molar-refractivity contribution in [2.24, 2.45) is 11.7 Å². The molecule has 0 fully saturated rings. The predicted molar refractivity (Wildman–Crippen MR) is 69.8 cm³/mol. The number of nitrogens with two attached hydrogens (primary N) is 1. The monoisotopic (exact) mass is 285 g/mol. The highest BCUT2D eigenvalue weighted by Crippen LogP contribution is 2.15. The lowest BCUT2D eigenvalue weighted by Gasteiger charge is -2.10. The first kappa shape index (κ1) is 15.0. The molecule has 0 saturated heterocycles. The maximum atomic E-state index is 11.9. The van der Waals surface area contributed by atoms with Gasteiger partial charge in [0.05, 0.1) is 4.90 Å². The molecule has 0 spiro atoms. The van der Waals surface area contributed by atoms with Gasteiger partial charge in [0.1, 0.15) is 0 Å². The Balaban J connectivity index is 3.02. The lowest BCUT2D eigenvalue weighted by Crippen LogP contribution is -2.33. The summed E-state index contributed by atoms with van der Waals surface area (Å²) < 4.78 is 25.8. The van der Waals surface area contributed by atoms with E-state index in [0.29, 0.717) is 0 Å². The second-order valence-electron chi connectivity index (χ2n) is 4.14. The second-order valence-corrected chi connectivity index (χ2v) is 5.82. The molecular formula is C11H15N3O4S. The van der Waals surface area contributed by atoms with Crippen LogP contribution in [-0.2, 0) is 14.8 Å². The van der Waals surface area contributed by atoms with Crippen LogP contribution in [0.5, 0.6) is 0 Å². The summed E-state index contributed by atoms with van der Waals surface area (Å²) in [6, 6.07) is 4.62. The van der Waals surface area contributed by atoms with Crippen LogP contribution in [0.25, 0.3) is 0 Å². The molecule has 0 aliphatic rings. The topological polar surface area (TPSA) is 118 Å². The second kappa shape index (κ2) is 5.70. The predicted octanol–water partition coefficient (Wildman–Crippen LogP) is 0.638. The molecule has 0 saturated carbocycles. The molecule has 1 aromatic carbocycles. The molecule has 19 heavy (non-hydrogen) atoms. The number of urea groups is 1. The van der Waals surface area contributed by atoms with Crippen LogP contribution in [0.4, 0.5) is 10.5 Å². The molecule has 0 heterocycles. The Labute approximate surface area is 111 Å². The maximum Gasteiger partial charge on any atom is 0.316 e.